The molecule has 2 amide bonds. The molecule has 0 radical (unpaired) electrons. The van der Waals surface area contributed by atoms with Crippen LogP contribution in [-0.4, -0.2) is 21.2 Å². The van der Waals surface area contributed by atoms with E-state index < -0.39 is 17.8 Å². The molecule has 3 aromatic rings. The van der Waals surface area contributed by atoms with Gasteiger partial charge in [-0.3, -0.25) is 10.4 Å². The van der Waals surface area contributed by atoms with Crippen molar-refractivity contribution in [2.45, 2.75) is 6.18 Å². The number of carbonyl (C=O) groups is 1. The molecule has 1 heterocycles. The number of carbonyl (C=O) groups excluding carboxylic acids is 1. The topological polar surface area (TPSA) is 82.7 Å². The molecule has 0 saturated heterocycles. The molecule has 0 aliphatic heterocycles. The van der Waals surface area contributed by atoms with Gasteiger partial charge in [0.05, 0.1) is 11.3 Å². The number of anilines is 2. The molecule has 3 rings (SSSR count). The van der Waals surface area contributed by atoms with E-state index in [0.717, 1.165) is 17.7 Å². The van der Waals surface area contributed by atoms with E-state index in [1.807, 2.05) is 18.2 Å². The van der Waals surface area contributed by atoms with E-state index in [0.29, 0.717) is 5.82 Å². The summed E-state index contributed by atoms with van der Waals surface area (Å²) in [5, 5.41) is 10.9. The fourth-order valence-corrected chi connectivity index (χ4v) is 2.14. The molecule has 128 valence electrons. The molecule has 2 aromatic carbocycles. The molecule has 0 atom stereocenters. The summed E-state index contributed by atoms with van der Waals surface area (Å²) in [6, 6.07) is 12.9. The Labute approximate surface area is 140 Å². The van der Waals surface area contributed by atoms with Gasteiger partial charge < -0.3 is 5.32 Å². The maximum atomic E-state index is 12.9. The van der Waals surface area contributed by atoms with Crippen LogP contribution >= 0.6 is 0 Å². The zero-order valence-electron chi connectivity index (χ0n) is 12.6. The van der Waals surface area contributed by atoms with Crippen molar-refractivity contribution in [2.75, 3.05) is 10.6 Å². The van der Waals surface area contributed by atoms with Crippen LogP contribution < -0.4 is 10.6 Å². The first-order valence-corrected chi connectivity index (χ1v) is 7.15. The standard InChI is InChI=1S/C16H12F3N5O/c17-16(18,19)11-8-4-5-9-12(11)20-15(25)22-14-21-13(23-24-14)10-6-2-1-3-7-10/h1-9H,(H3,20,21,22,23,24,25). The number of urea groups is 1. The third-order valence-electron chi connectivity index (χ3n) is 3.24. The fourth-order valence-electron chi connectivity index (χ4n) is 2.14. The highest BCUT2D eigenvalue weighted by molar-refractivity contribution is 5.99. The lowest BCUT2D eigenvalue weighted by atomic mass is 10.1. The van der Waals surface area contributed by atoms with Crippen molar-refractivity contribution in [3.05, 3.63) is 60.2 Å². The van der Waals surface area contributed by atoms with E-state index >= 15 is 0 Å². The van der Waals surface area contributed by atoms with Gasteiger partial charge in [0.1, 0.15) is 0 Å². The highest BCUT2D eigenvalue weighted by atomic mass is 19.4. The molecule has 0 fully saturated rings. The molecule has 0 aliphatic rings. The number of halogens is 3. The molecular weight excluding hydrogens is 335 g/mol. The number of rotatable bonds is 3. The summed E-state index contributed by atoms with van der Waals surface area (Å²) >= 11 is 0. The van der Waals surface area contributed by atoms with Crippen LogP contribution in [0.5, 0.6) is 0 Å². The van der Waals surface area contributed by atoms with Gasteiger partial charge in [0.15, 0.2) is 5.82 Å². The van der Waals surface area contributed by atoms with E-state index in [1.54, 1.807) is 12.1 Å². The summed E-state index contributed by atoms with van der Waals surface area (Å²) in [5.41, 5.74) is -0.540. The quantitative estimate of drug-likeness (QED) is 0.666. The van der Waals surface area contributed by atoms with E-state index in [1.165, 1.54) is 12.1 Å². The molecule has 6 nitrogen and oxygen atoms in total. The number of para-hydroxylation sites is 1. The van der Waals surface area contributed by atoms with Crippen LogP contribution in [0, 0.1) is 0 Å². The van der Waals surface area contributed by atoms with Gasteiger partial charge in [-0.15, -0.1) is 5.10 Å². The van der Waals surface area contributed by atoms with Crippen molar-refractivity contribution in [3.8, 4) is 11.4 Å². The van der Waals surface area contributed by atoms with Crippen LogP contribution in [0.2, 0.25) is 0 Å². The number of nitrogens with one attached hydrogen (secondary N) is 3. The van der Waals surface area contributed by atoms with Gasteiger partial charge in [0.25, 0.3) is 5.95 Å². The van der Waals surface area contributed by atoms with Crippen molar-refractivity contribution >= 4 is 17.7 Å². The Morgan fingerprint density at radius 2 is 1.64 bits per heavy atom. The Kier molecular flexibility index (Phi) is 4.38. The number of H-pyrrole nitrogens is 1. The fraction of sp³-hybridized carbons (Fsp3) is 0.0625. The molecule has 0 aliphatic carbocycles. The first kappa shape index (κ1) is 16.5. The number of alkyl halides is 3. The normalized spacial score (nSPS) is 11.2. The monoisotopic (exact) mass is 347 g/mol. The third kappa shape index (κ3) is 3.94. The summed E-state index contributed by atoms with van der Waals surface area (Å²) in [5.74, 6) is 0.368. The molecule has 1 aromatic heterocycles. The van der Waals surface area contributed by atoms with Crippen LogP contribution in [0.1, 0.15) is 5.56 Å². The third-order valence-corrected chi connectivity index (χ3v) is 3.24. The molecule has 0 bridgehead atoms. The summed E-state index contributed by atoms with van der Waals surface area (Å²) < 4.78 is 38.7. The Balaban J connectivity index is 1.71. The number of hydrogen-bond donors (Lipinski definition) is 3. The van der Waals surface area contributed by atoms with Gasteiger partial charge in [0, 0.05) is 5.56 Å². The number of amides is 2. The number of nitrogens with zero attached hydrogens (tertiary/aromatic N) is 2. The Hall–Kier alpha value is -3.36. The van der Waals surface area contributed by atoms with E-state index in [-0.39, 0.29) is 11.6 Å². The zero-order valence-corrected chi connectivity index (χ0v) is 12.6. The van der Waals surface area contributed by atoms with Gasteiger partial charge in [-0.2, -0.15) is 18.2 Å². The van der Waals surface area contributed by atoms with Crippen LogP contribution in [0.4, 0.5) is 29.6 Å². The van der Waals surface area contributed by atoms with Crippen LogP contribution in [0.15, 0.2) is 54.6 Å². The minimum absolute atomic E-state index is 0.0548. The van der Waals surface area contributed by atoms with Crippen LogP contribution in [0.3, 0.4) is 0 Å². The molecule has 3 N–H and O–H groups in total. The predicted molar refractivity (Wildman–Crippen MR) is 85.9 cm³/mol. The van der Waals surface area contributed by atoms with Crippen molar-refractivity contribution in [2.24, 2.45) is 0 Å². The van der Waals surface area contributed by atoms with E-state index in [4.69, 9.17) is 0 Å². The second-order valence-electron chi connectivity index (χ2n) is 5.00. The maximum Gasteiger partial charge on any atom is 0.418 e. The van der Waals surface area contributed by atoms with Crippen molar-refractivity contribution in [1.29, 1.82) is 0 Å². The minimum atomic E-state index is -4.57. The number of aromatic nitrogens is 3. The van der Waals surface area contributed by atoms with Gasteiger partial charge in [-0.1, -0.05) is 42.5 Å². The predicted octanol–water partition coefficient (Wildman–Crippen LogP) is 4.13. The van der Waals surface area contributed by atoms with E-state index in [9.17, 15) is 18.0 Å². The molecule has 0 spiro atoms. The number of hydrogen-bond acceptors (Lipinski definition) is 3. The SMILES string of the molecule is O=C(Nc1n[nH]c(-c2ccccc2)n1)Nc1ccccc1C(F)(F)F. The summed E-state index contributed by atoms with van der Waals surface area (Å²) in [6.45, 7) is 0. The number of benzene rings is 2. The van der Waals surface area contributed by atoms with E-state index in [2.05, 4.69) is 25.8 Å². The second kappa shape index (κ2) is 6.63. The smallest absolute Gasteiger partial charge is 0.307 e. The van der Waals surface area contributed by atoms with Crippen LogP contribution in [-0.2, 0) is 6.18 Å². The number of aromatic amines is 1. The van der Waals surface area contributed by atoms with Gasteiger partial charge in [-0.25, -0.2) is 4.79 Å². The summed E-state index contributed by atoms with van der Waals surface area (Å²) in [7, 11) is 0. The lowest BCUT2D eigenvalue weighted by Gasteiger charge is -2.13. The average Bonchev–Trinajstić information content (AvgIpc) is 3.03. The lowest BCUT2D eigenvalue weighted by Crippen LogP contribution is -2.22. The summed E-state index contributed by atoms with van der Waals surface area (Å²) in [6.07, 6.45) is -4.57. The minimum Gasteiger partial charge on any atom is -0.307 e. The Bertz CT molecular complexity index is 877. The highest BCUT2D eigenvalue weighted by Gasteiger charge is 2.33. The van der Waals surface area contributed by atoms with Crippen molar-refractivity contribution in [3.63, 3.8) is 0 Å². The van der Waals surface area contributed by atoms with Crippen molar-refractivity contribution in [1.82, 2.24) is 15.2 Å². The zero-order chi connectivity index (χ0) is 17.9. The molecular formula is C16H12F3N5O. The Morgan fingerprint density at radius 3 is 2.36 bits per heavy atom. The summed E-state index contributed by atoms with van der Waals surface area (Å²) in [4.78, 5) is 16.0. The Morgan fingerprint density at radius 1 is 0.960 bits per heavy atom. The molecule has 9 heteroatoms. The van der Waals surface area contributed by atoms with Gasteiger partial charge >= 0.3 is 12.2 Å². The molecule has 0 saturated carbocycles. The largest absolute Gasteiger partial charge is 0.418 e. The van der Waals surface area contributed by atoms with Gasteiger partial charge in [-0.05, 0) is 12.1 Å². The first-order chi connectivity index (χ1) is 11.9. The second-order valence-corrected chi connectivity index (χ2v) is 5.00. The van der Waals surface area contributed by atoms with Gasteiger partial charge in [0.2, 0.25) is 0 Å². The average molecular weight is 347 g/mol. The maximum absolute atomic E-state index is 12.9. The molecule has 0 unspecified atom stereocenters. The first-order valence-electron chi connectivity index (χ1n) is 7.15. The molecule has 25 heavy (non-hydrogen) atoms. The van der Waals surface area contributed by atoms with Crippen molar-refractivity contribution < 1.29 is 18.0 Å². The highest BCUT2D eigenvalue weighted by Crippen LogP contribution is 2.34. The lowest BCUT2D eigenvalue weighted by molar-refractivity contribution is -0.136. The van der Waals surface area contributed by atoms with Crippen LogP contribution in [0.25, 0.3) is 11.4 Å².